The number of thiophene rings is 1. The lowest BCUT2D eigenvalue weighted by Gasteiger charge is -2.27. The first-order valence-electron chi connectivity index (χ1n) is 12.0. The third-order valence-corrected chi connectivity index (χ3v) is 7.87. The van der Waals surface area contributed by atoms with Crippen molar-refractivity contribution in [3.63, 3.8) is 0 Å². The van der Waals surface area contributed by atoms with Gasteiger partial charge in [-0.05, 0) is 48.1 Å². The summed E-state index contributed by atoms with van der Waals surface area (Å²) in [6.45, 7) is 1.45. The van der Waals surface area contributed by atoms with E-state index in [1.54, 1.807) is 18.2 Å². The molecule has 1 aliphatic carbocycles. The number of fused-ring (bicyclic) bond motifs is 1. The molecule has 3 aromatic rings. The van der Waals surface area contributed by atoms with Crippen LogP contribution in [0.4, 0.5) is 9.80 Å². The molecule has 0 bridgehead atoms. The molecule has 2 aromatic heterocycles. The van der Waals surface area contributed by atoms with Crippen molar-refractivity contribution < 1.29 is 14.3 Å². The highest BCUT2D eigenvalue weighted by atomic mass is 32.1. The molecule has 2 unspecified atom stereocenters. The molecule has 184 valence electrons. The van der Waals surface area contributed by atoms with E-state index >= 15 is 0 Å². The van der Waals surface area contributed by atoms with E-state index < -0.39 is 0 Å². The number of pyridine rings is 1. The average molecular weight is 502 g/mol. The maximum absolute atomic E-state index is 13.0. The van der Waals surface area contributed by atoms with Crippen LogP contribution in [-0.2, 0) is 24.2 Å². The number of nitriles is 1. The number of anilines is 1. The zero-order valence-electron chi connectivity index (χ0n) is 20.0. The van der Waals surface area contributed by atoms with E-state index in [4.69, 9.17) is 4.74 Å². The number of rotatable bonds is 7. The minimum absolute atomic E-state index is 0.0786. The van der Waals surface area contributed by atoms with Gasteiger partial charge in [0.2, 0.25) is 5.91 Å². The van der Waals surface area contributed by atoms with E-state index in [0.29, 0.717) is 43.0 Å². The van der Waals surface area contributed by atoms with Crippen molar-refractivity contribution >= 4 is 28.3 Å². The number of para-hydroxylation sites is 1. The largest absolute Gasteiger partial charge is 0.496 e. The van der Waals surface area contributed by atoms with E-state index in [9.17, 15) is 14.9 Å². The highest BCUT2D eigenvalue weighted by Crippen LogP contribution is 2.51. The fourth-order valence-electron chi connectivity index (χ4n) is 4.74. The highest BCUT2D eigenvalue weighted by molar-refractivity contribution is 7.16. The Morgan fingerprint density at radius 3 is 2.86 bits per heavy atom. The SMILES string of the molecule is COc1ccccc1C1CC1C(=O)Nc1sc2c(c1C#N)CCN(C(=O)NCCc1ccccn1)C2. The Morgan fingerprint density at radius 1 is 1.25 bits per heavy atom. The van der Waals surface area contributed by atoms with Crippen molar-refractivity contribution in [2.45, 2.75) is 31.7 Å². The molecule has 0 saturated heterocycles. The molecule has 0 spiro atoms. The van der Waals surface area contributed by atoms with Crippen LogP contribution < -0.4 is 15.4 Å². The maximum Gasteiger partial charge on any atom is 0.317 e. The maximum atomic E-state index is 13.0. The summed E-state index contributed by atoms with van der Waals surface area (Å²) in [6.07, 6.45) is 3.75. The molecule has 9 heteroatoms. The van der Waals surface area contributed by atoms with Crippen molar-refractivity contribution in [3.8, 4) is 11.8 Å². The van der Waals surface area contributed by atoms with Crippen LogP contribution in [0.25, 0.3) is 0 Å². The number of nitrogens with one attached hydrogen (secondary N) is 2. The van der Waals surface area contributed by atoms with Gasteiger partial charge in [-0.25, -0.2) is 4.79 Å². The summed E-state index contributed by atoms with van der Waals surface area (Å²) in [5.41, 5.74) is 3.43. The number of urea groups is 1. The van der Waals surface area contributed by atoms with Crippen LogP contribution in [-0.4, -0.2) is 42.0 Å². The second kappa shape index (κ2) is 10.4. The zero-order valence-corrected chi connectivity index (χ0v) is 20.8. The summed E-state index contributed by atoms with van der Waals surface area (Å²) in [5, 5.41) is 16.4. The van der Waals surface area contributed by atoms with Crippen molar-refractivity contribution in [1.29, 1.82) is 5.26 Å². The number of hydrogen-bond donors (Lipinski definition) is 2. The molecule has 2 atom stereocenters. The van der Waals surface area contributed by atoms with Crippen LogP contribution >= 0.6 is 11.3 Å². The Hall–Kier alpha value is -3.90. The lowest BCUT2D eigenvalue weighted by Crippen LogP contribution is -2.43. The summed E-state index contributed by atoms with van der Waals surface area (Å²) in [7, 11) is 1.63. The minimum atomic E-state index is -0.145. The van der Waals surface area contributed by atoms with Gasteiger partial charge >= 0.3 is 6.03 Å². The summed E-state index contributed by atoms with van der Waals surface area (Å²) in [6, 6.07) is 15.6. The Balaban J connectivity index is 1.20. The molecule has 1 aliphatic heterocycles. The van der Waals surface area contributed by atoms with E-state index in [1.165, 1.54) is 11.3 Å². The van der Waals surface area contributed by atoms with E-state index in [1.807, 2.05) is 42.5 Å². The predicted octanol–water partition coefficient (Wildman–Crippen LogP) is 4.08. The van der Waals surface area contributed by atoms with Crippen molar-refractivity contribution in [1.82, 2.24) is 15.2 Å². The Kier molecular flexibility index (Phi) is 6.87. The smallest absolute Gasteiger partial charge is 0.317 e. The van der Waals surface area contributed by atoms with E-state index in [0.717, 1.165) is 33.9 Å². The standard InChI is InChI=1S/C27H27N5O3S/c1-35-23-8-3-2-7-18(23)20-14-21(20)25(33)31-26-22(15-28)19-10-13-32(16-24(19)36-26)27(34)30-12-9-17-6-4-5-11-29-17/h2-8,11,20-21H,9-10,12-14,16H2,1H3,(H,30,34)(H,31,33). The summed E-state index contributed by atoms with van der Waals surface area (Å²) in [4.78, 5) is 32.7. The lowest BCUT2D eigenvalue weighted by atomic mass is 10.0. The molecule has 8 nitrogen and oxygen atoms in total. The van der Waals surface area contributed by atoms with Gasteiger partial charge in [0.15, 0.2) is 0 Å². The molecule has 36 heavy (non-hydrogen) atoms. The fourth-order valence-corrected chi connectivity index (χ4v) is 5.96. The Labute approximate surface area is 213 Å². The molecule has 5 rings (SSSR count). The monoisotopic (exact) mass is 501 g/mol. The Bertz CT molecular complexity index is 1320. The highest BCUT2D eigenvalue weighted by Gasteiger charge is 2.45. The van der Waals surface area contributed by atoms with Gasteiger partial charge in [0, 0.05) is 42.2 Å². The summed E-state index contributed by atoms with van der Waals surface area (Å²) >= 11 is 1.40. The summed E-state index contributed by atoms with van der Waals surface area (Å²) < 4.78 is 5.45. The molecule has 3 amide bonds. The van der Waals surface area contributed by atoms with Crippen LogP contribution in [0.15, 0.2) is 48.7 Å². The van der Waals surface area contributed by atoms with Gasteiger partial charge < -0.3 is 20.3 Å². The number of carbonyl (C=O) groups excluding carboxylic acids is 2. The van der Waals surface area contributed by atoms with Gasteiger partial charge in [0.1, 0.15) is 16.8 Å². The number of benzene rings is 1. The van der Waals surface area contributed by atoms with Crippen LogP contribution in [0.3, 0.4) is 0 Å². The fraction of sp³-hybridized carbons (Fsp3) is 0.333. The molecule has 1 fully saturated rings. The van der Waals surface area contributed by atoms with E-state index in [-0.39, 0.29) is 23.8 Å². The van der Waals surface area contributed by atoms with E-state index in [2.05, 4.69) is 21.7 Å². The van der Waals surface area contributed by atoms with Crippen LogP contribution in [0.2, 0.25) is 0 Å². The Morgan fingerprint density at radius 2 is 2.08 bits per heavy atom. The first-order valence-corrected chi connectivity index (χ1v) is 12.8. The zero-order chi connectivity index (χ0) is 25.1. The van der Waals surface area contributed by atoms with Gasteiger partial charge in [0.05, 0.1) is 19.2 Å². The van der Waals surface area contributed by atoms with Crippen molar-refractivity contribution in [3.05, 3.63) is 75.9 Å². The number of hydrogen-bond acceptors (Lipinski definition) is 6. The lowest BCUT2D eigenvalue weighted by molar-refractivity contribution is -0.117. The molecule has 0 radical (unpaired) electrons. The number of methoxy groups -OCH3 is 1. The predicted molar refractivity (Wildman–Crippen MR) is 137 cm³/mol. The molecule has 2 N–H and O–H groups in total. The first-order chi connectivity index (χ1) is 17.6. The number of aromatic nitrogens is 1. The van der Waals surface area contributed by atoms with Crippen molar-refractivity contribution in [2.24, 2.45) is 5.92 Å². The van der Waals surface area contributed by atoms with Crippen LogP contribution in [0, 0.1) is 17.2 Å². The van der Waals surface area contributed by atoms with Crippen LogP contribution in [0.1, 0.15) is 39.6 Å². The van der Waals surface area contributed by atoms with Gasteiger partial charge in [-0.15, -0.1) is 11.3 Å². The third kappa shape index (κ3) is 4.90. The third-order valence-electron chi connectivity index (χ3n) is 6.74. The molecular weight excluding hydrogens is 474 g/mol. The minimum Gasteiger partial charge on any atom is -0.496 e. The number of ether oxygens (including phenoxy) is 1. The van der Waals surface area contributed by atoms with Crippen molar-refractivity contribution in [2.75, 3.05) is 25.5 Å². The summed E-state index contributed by atoms with van der Waals surface area (Å²) in [5.74, 6) is 0.686. The van der Waals surface area contributed by atoms with Gasteiger partial charge in [-0.3, -0.25) is 9.78 Å². The second-order valence-corrected chi connectivity index (χ2v) is 10.1. The molecule has 1 aromatic carbocycles. The average Bonchev–Trinajstić information content (AvgIpc) is 3.64. The molecular formula is C27H27N5O3S. The van der Waals surface area contributed by atoms with Gasteiger partial charge in [-0.1, -0.05) is 24.3 Å². The first kappa shape index (κ1) is 23.8. The van der Waals surface area contributed by atoms with Crippen LogP contribution in [0.5, 0.6) is 5.75 Å². The topological polar surface area (TPSA) is 107 Å². The van der Waals surface area contributed by atoms with Gasteiger partial charge in [-0.2, -0.15) is 5.26 Å². The quantitative estimate of drug-likeness (QED) is 0.507. The molecule has 3 heterocycles. The molecule has 1 saturated carbocycles. The number of nitrogens with zero attached hydrogens (tertiary/aromatic N) is 3. The molecule has 2 aliphatic rings. The number of carbonyl (C=O) groups is 2. The second-order valence-electron chi connectivity index (χ2n) is 8.97. The van der Waals surface area contributed by atoms with Gasteiger partial charge in [0.25, 0.3) is 0 Å². The number of amides is 3. The normalized spacial score (nSPS) is 18.1.